The third-order valence-electron chi connectivity index (χ3n) is 3.78. The lowest BCUT2D eigenvalue weighted by atomic mass is 9.83. The second-order valence-corrected chi connectivity index (χ2v) is 7.24. The molecule has 5 nitrogen and oxygen atoms in total. The summed E-state index contributed by atoms with van der Waals surface area (Å²) in [6.07, 6.45) is 1.90. The Morgan fingerprint density at radius 3 is 2.05 bits per heavy atom. The van der Waals surface area contributed by atoms with Crippen molar-refractivity contribution >= 4 is 12.0 Å². The Morgan fingerprint density at radius 2 is 1.68 bits per heavy atom. The summed E-state index contributed by atoms with van der Waals surface area (Å²) in [7, 11) is 0. The Balaban J connectivity index is 2.62. The Bertz CT molecular complexity index is 348. The van der Waals surface area contributed by atoms with Crippen LogP contribution in [-0.2, 0) is 4.79 Å². The molecule has 1 atom stereocenters. The van der Waals surface area contributed by atoms with Crippen molar-refractivity contribution in [2.45, 2.75) is 53.5 Å². The zero-order valence-electron chi connectivity index (χ0n) is 12.6. The number of carbonyl (C=O) groups is 2. The summed E-state index contributed by atoms with van der Waals surface area (Å²) >= 11 is 0. The highest BCUT2D eigenvalue weighted by Gasteiger charge is 2.35. The van der Waals surface area contributed by atoms with Gasteiger partial charge in [0.25, 0.3) is 0 Å². The van der Waals surface area contributed by atoms with E-state index in [-0.39, 0.29) is 11.4 Å². The molecule has 1 fully saturated rings. The molecule has 0 aromatic rings. The summed E-state index contributed by atoms with van der Waals surface area (Å²) in [6.45, 7) is 11.2. The SMILES string of the molecule is CC1(C)CCN(C(=O)N[C@@H](C(=O)O)C(C)(C)C)CC1. The normalized spacial score (nSPS) is 20.8. The van der Waals surface area contributed by atoms with Crippen molar-refractivity contribution in [1.29, 1.82) is 0 Å². The van der Waals surface area contributed by atoms with Crippen molar-refractivity contribution in [2.24, 2.45) is 10.8 Å². The first-order chi connectivity index (χ1) is 8.53. The maximum absolute atomic E-state index is 12.1. The second-order valence-electron chi connectivity index (χ2n) is 7.24. The van der Waals surface area contributed by atoms with Gasteiger partial charge in [-0.25, -0.2) is 9.59 Å². The number of nitrogens with one attached hydrogen (secondary N) is 1. The number of carboxylic acids is 1. The van der Waals surface area contributed by atoms with Crippen molar-refractivity contribution in [1.82, 2.24) is 10.2 Å². The summed E-state index contributed by atoms with van der Waals surface area (Å²) < 4.78 is 0. The fraction of sp³-hybridized carbons (Fsp3) is 0.857. The van der Waals surface area contributed by atoms with Crippen molar-refractivity contribution in [3.05, 3.63) is 0 Å². The van der Waals surface area contributed by atoms with E-state index in [0.29, 0.717) is 13.1 Å². The number of urea groups is 1. The number of amides is 2. The highest BCUT2D eigenvalue weighted by molar-refractivity contribution is 5.83. The lowest BCUT2D eigenvalue weighted by molar-refractivity contribution is -0.142. The molecule has 0 aliphatic carbocycles. The summed E-state index contributed by atoms with van der Waals surface area (Å²) in [5, 5.41) is 11.8. The van der Waals surface area contributed by atoms with Crippen LogP contribution in [0.25, 0.3) is 0 Å². The highest BCUT2D eigenvalue weighted by Crippen LogP contribution is 2.29. The molecule has 1 saturated heterocycles. The first-order valence-corrected chi connectivity index (χ1v) is 6.81. The van der Waals surface area contributed by atoms with Gasteiger partial charge in [-0.15, -0.1) is 0 Å². The molecule has 0 bridgehead atoms. The molecule has 110 valence electrons. The standard InChI is InChI=1S/C14H26N2O3/c1-13(2,3)10(11(17)18)15-12(19)16-8-6-14(4,5)7-9-16/h10H,6-9H2,1-5H3,(H,15,19)(H,17,18)/t10-/m0/s1. The summed E-state index contributed by atoms with van der Waals surface area (Å²) in [5.74, 6) is -0.988. The van der Waals surface area contributed by atoms with Gasteiger partial charge in [0.2, 0.25) is 0 Å². The number of hydrogen-bond donors (Lipinski definition) is 2. The van der Waals surface area contributed by atoms with Gasteiger partial charge in [-0.05, 0) is 23.7 Å². The molecule has 19 heavy (non-hydrogen) atoms. The number of hydrogen-bond acceptors (Lipinski definition) is 2. The molecule has 1 heterocycles. The van der Waals surface area contributed by atoms with Gasteiger partial charge in [0, 0.05) is 13.1 Å². The molecule has 2 N–H and O–H groups in total. The van der Waals surface area contributed by atoms with Crippen LogP contribution in [0.1, 0.15) is 47.5 Å². The van der Waals surface area contributed by atoms with Gasteiger partial charge in [0.15, 0.2) is 0 Å². The van der Waals surface area contributed by atoms with Gasteiger partial charge in [-0.3, -0.25) is 0 Å². The monoisotopic (exact) mass is 270 g/mol. The first-order valence-electron chi connectivity index (χ1n) is 6.81. The molecule has 0 saturated carbocycles. The molecule has 0 radical (unpaired) electrons. The summed E-state index contributed by atoms with van der Waals surface area (Å²) in [5.41, 5.74) is -0.233. The zero-order valence-corrected chi connectivity index (χ0v) is 12.6. The quantitative estimate of drug-likeness (QED) is 0.809. The molecule has 1 aliphatic rings. The van der Waals surface area contributed by atoms with Crippen molar-refractivity contribution in [3.8, 4) is 0 Å². The van der Waals surface area contributed by atoms with Crippen molar-refractivity contribution in [3.63, 3.8) is 0 Å². The average molecular weight is 270 g/mol. The van der Waals surface area contributed by atoms with Gasteiger partial charge in [-0.2, -0.15) is 0 Å². The van der Waals surface area contributed by atoms with E-state index in [0.717, 1.165) is 12.8 Å². The number of carboxylic acid groups (broad SMARTS) is 1. The highest BCUT2D eigenvalue weighted by atomic mass is 16.4. The van der Waals surface area contributed by atoms with Crippen LogP contribution in [0, 0.1) is 10.8 Å². The molecule has 0 spiro atoms. The fourth-order valence-corrected chi connectivity index (χ4v) is 2.18. The zero-order chi connectivity index (χ0) is 14.8. The maximum Gasteiger partial charge on any atom is 0.326 e. The molecule has 1 aliphatic heterocycles. The van der Waals surface area contributed by atoms with Gasteiger partial charge in [0.05, 0.1) is 0 Å². The lowest BCUT2D eigenvalue weighted by Gasteiger charge is -2.38. The lowest BCUT2D eigenvalue weighted by Crippen LogP contribution is -2.55. The van der Waals surface area contributed by atoms with E-state index < -0.39 is 17.4 Å². The van der Waals surface area contributed by atoms with Crippen LogP contribution in [0.4, 0.5) is 4.79 Å². The van der Waals surface area contributed by atoms with Crippen LogP contribution in [0.15, 0.2) is 0 Å². The number of likely N-dealkylation sites (tertiary alicyclic amines) is 1. The Morgan fingerprint density at radius 1 is 1.21 bits per heavy atom. The van der Waals surface area contributed by atoms with Gasteiger partial charge in [-0.1, -0.05) is 34.6 Å². The van der Waals surface area contributed by atoms with E-state index >= 15 is 0 Å². The fourth-order valence-electron chi connectivity index (χ4n) is 2.18. The van der Waals surface area contributed by atoms with Crippen molar-refractivity contribution in [2.75, 3.05) is 13.1 Å². The van der Waals surface area contributed by atoms with Crippen LogP contribution in [0.2, 0.25) is 0 Å². The Hall–Kier alpha value is -1.26. The van der Waals surface area contributed by atoms with E-state index in [1.165, 1.54) is 0 Å². The summed E-state index contributed by atoms with van der Waals surface area (Å²) in [4.78, 5) is 25.1. The van der Waals surface area contributed by atoms with Crippen LogP contribution < -0.4 is 5.32 Å². The average Bonchev–Trinajstić information content (AvgIpc) is 2.23. The summed E-state index contributed by atoms with van der Waals surface area (Å²) in [6, 6.07) is -1.13. The van der Waals surface area contributed by atoms with Gasteiger partial charge in [0.1, 0.15) is 6.04 Å². The van der Waals surface area contributed by atoms with Crippen LogP contribution in [0.3, 0.4) is 0 Å². The van der Waals surface area contributed by atoms with E-state index in [1.807, 2.05) is 20.8 Å². The number of piperidine rings is 1. The molecular formula is C14H26N2O3. The minimum atomic E-state index is -0.988. The molecule has 0 aromatic heterocycles. The third kappa shape index (κ3) is 4.40. The molecule has 0 aromatic carbocycles. The van der Waals surface area contributed by atoms with Gasteiger partial charge >= 0.3 is 12.0 Å². The van der Waals surface area contributed by atoms with Crippen LogP contribution >= 0.6 is 0 Å². The molecule has 2 amide bonds. The van der Waals surface area contributed by atoms with Crippen LogP contribution in [0.5, 0.6) is 0 Å². The predicted molar refractivity (Wildman–Crippen MR) is 74.0 cm³/mol. The topological polar surface area (TPSA) is 69.6 Å². The number of rotatable bonds is 2. The van der Waals surface area contributed by atoms with E-state index in [9.17, 15) is 14.7 Å². The molecule has 0 unspecified atom stereocenters. The number of aliphatic carboxylic acids is 1. The van der Waals surface area contributed by atoms with Gasteiger partial charge < -0.3 is 15.3 Å². The van der Waals surface area contributed by atoms with E-state index in [4.69, 9.17) is 0 Å². The van der Waals surface area contributed by atoms with E-state index in [1.54, 1.807) is 4.90 Å². The van der Waals surface area contributed by atoms with E-state index in [2.05, 4.69) is 19.2 Å². The second kappa shape index (κ2) is 5.39. The predicted octanol–water partition coefficient (Wildman–Crippen LogP) is 2.32. The van der Waals surface area contributed by atoms with Crippen LogP contribution in [-0.4, -0.2) is 41.1 Å². The maximum atomic E-state index is 12.1. The van der Waals surface area contributed by atoms with Crippen molar-refractivity contribution < 1.29 is 14.7 Å². The Labute approximate surface area is 115 Å². The Kier molecular flexibility index (Phi) is 4.48. The minimum absolute atomic E-state index is 0.266. The molecule has 1 rings (SSSR count). The molecular weight excluding hydrogens is 244 g/mol. The molecule has 5 heteroatoms. The first kappa shape index (κ1) is 15.8. The third-order valence-corrected chi connectivity index (χ3v) is 3.78. The minimum Gasteiger partial charge on any atom is -0.480 e. The smallest absolute Gasteiger partial charge is 0.326 e. The largest absolute Gasteiger partial charge is 0.480 e. The number of nitrogens with zero attached hydrogens (tertiary/aromatic N) is 1. The number of carbonyl (C=O) groups excluding carboxylic acids is 1.